The molecule has 0 spiro atoms. The van der Waals surface area contributed by atoms with Crippen LogP contribution in [0.25, 0.3) is 33.3 Å². The van der Waals surface area contributed by atoms with Crippen LogP contribution in [0.5, 0.6) is 0 Å². The number of hydrogen-bond donors (Lipinski definition) is 4. The molecule has 2 aromatic carbocycles. The van der Waals surface area contributed by atoms with Crippen molar-refractivity contribution in [2.75, 3.05) is 11.0 Å². The lowest BCUT2D eigenvalue weighted by Crippen LogP contribution is -2.14. The summed E-state index contributed by atoms with van der Waals surface area (Å²) in [5.74, 6) is 0.338. The van der Waals surface area contributed by atoms with Crippen molar-refractivity contribution in [2.45, 2.75) is 0 Å². The number of pyridine rings is 1. The van der Waals surface area contributed by atoms with E-state index in [9.17, 15) is 10.0 Å². The Bertz CT molecular complexity index is 1100. The number of nitrogen functional groups attached to an aromatic ring is 1. The van der Waals surface area contributed by atoms with Crippen LogP contribution in [0.2, 0.25) is 0 Å². The van der Waals surface area contributed by atoms with Crippen molar-refractivity contribution >= 4 is 33.3 Å². The van der Waals surface area contributed by atoms with Crippen LogP contribution in [0.15, 0.2) is 47.3 Å². The largest absolute Gasteiger partial charge is 0.733 e. The topological polar surface area (TPSA) is 134 Å². The number of nitrogens with two attached hydrogens (primary N) is 1. The molecule has 2 aromatic heterocycles. The predicted molar refractivity (Wildman–Crippen MR) is 91.7 cm³/mol. The number of nitrogens with one attached hydrogen (secondary N) is 2. The summed E-state index contributed by atoms with van der Waals surface area (Å²) < 4.78 is 0. The van der Waals surface area contributed by atoms with Gasteiger partial charge in [0.15, 0.2) is 0 Å². The molecule has 0 unspecified atom stereocenters. The van der Waals surface area contributed by atoms with Gasteiger partial charge < -0.3 is 26.1 Å². The molecule has 0 saturated heterocycles. The molecule has 4 aromatic rings. The summed E-state index contributed by atoms with van der Waals surface area (Å²) in [5, 5.41) is 20.3. The number of benzene rings is 2. The highest BCUT2D eigenvalue weighted by atomic mass is 16.8. The summed E-state index contributed by atoms with van der Waals surface area (Å²) >= 11 is 0. The Kier molecular flexibility index (Phi) is 3.02. The van der Waals surface area contributed by atoms with Crippen molar-refractivity contribution in [3.05, 3.63) is 58.0 Å². The van der Waals surface area contributed by atoms with Crippen LogP contribution < -0.4 is 16.5 Å². The van der Waals surface area contributed by atoms with Crippen LogP contribution in [0.3, 0.4) is 0 Å². The molecule has 0 atom stereocenters. The van der Waals surface area contributed by atoms with Crippen molar-refractivity contribution in [3.8, 4) is 11.4 Å². The number of aromatic nitrogens is 3. The molecule has 0 saturated carbocycles. The highest BCUT2D eigenvalue weighted by molar-refractivity contribution is 5.99. The van der Waals surface area contributed by atoms with Crippen molar-refractivity contribution < 1.29 is 5.21 Å². The second-order valence-corrected chi connectivity index (χ2v) is 5.35. The number of anilines is 2. The molecule has 5 N–H and O–H groups in total. The zero-order valence-electron chi connectivity index (χ0n) is 12.3. The molecule has 0 aliphatic heterocycles. The lowest BCUT2D eigenvalue weighted by Gasteiger charge is -2.22. The van der Waals surface area contributed by atoms with Crippen molar-refractivity contribution in [1.29, 1.82) is 0 Å². The third-order valence-corrected chi connectivity index (χ3v) is 3.88. The molecule has 8 heteroatoms. The van der Waals surface area contributed by atoms with Crippen LogP contribution in [0, 0.1) is 5.21 Å². The van der Waals surface area contributed by atoms with Crippen molar-refractivity contribution in [2.24, 2.45) is 0 Å². The fourth-order valence-electron chi connectivity index (χ4n) is 2.73. The van der Waals surface area contributed by atoms with Gasteiger partial charge in [0.25, 0.3) is 5.56 Å². The fraction of sp³-hybridized carbons (Fsp3) is 0. The Morgan fingerprint density at radius 3 is 2.67 bits per heavy atom. The highest BCUT2D eigenvalue weighted by Gasteiger charge is 2.16. The molecule has 4 rings (SSSR count). The minimum Gasteiger partial charge on any atom is -0.733 e. The summed E-state index contributed by atoms with van der Waals surface area (Å²) in [4.78, 5) is 22.6. The van der Waals surface area contributed by atoms with E-state index in [1.54, 1.807) is 0 Å². The quantitative estimate of drug-likeness (QED) is 0.418. The Morgan fingerprint density at radius 2 is 1.92 bits per heavy atom. The fourth-order valence-corrected chi connectivity index (χ4v) is 2.73. The average molecular weight is 322 g/mol. The zero-order chi connectivity index (χ0) is 16.8. The maximum atomic E-state index is 12.4. The maximum Gasteiger partial charge on any atom is 0.261 e. The van der Waals surface area contributed by atoms with Gasteiger partial charge in [0, 0.05) is 5.39 Å². The Labute approximate surface area is 134 Å². The van der Waals surface area contributed by atoms with Gasteiger partial charge in [-0.05, 0) is 30.3 Å². The van der Waals surface area contributed by atoms with E-state index in [2.05, 4.69) is 15.0 Å². The average Bonchev–Trinajstić information content (AvgIpc) is 2.97. The first-order valence-corrected chi connectivity index (χ1v) is 7.11. The molecule has 24 heavy (non-hydrogen) atoms. The highest BCUT2D eigenvalue weighted by Crippen LogP contribution is 2.30. The van der Waals surface area contributed by atoms with Crippen LogP contribution in [-0.4, -0.2) is 20.2 Å². The maximum absolute atomic E-state index is 12.4. The predicted octanol–water partition coefficient (Wildman–Crippen LogP) is 2.35. The van der Waals surface area contributed by atoms with E-state index in [1.807, 2.05) is 24.3 Å². The summed E-state index contributed by atoms with van der Waals surface area (Å²) in [6, 6.07) is 11.7. The van der Waals surface area contributed by atoms with E-state index in [0.29, 0.717) is 22.2 Å². The normalized spacial score (nSPS) is 11.2. The van der Waals surface area contributed by atoms with E-state index in [-0.39, 0.29) is 22.2 Å². The van der Waals surface area contributed by atoms with Gasteiger partial charge in [0.1, 0.15) is 11.4 Å². The first-order valence-electron chi connectivity index (χ1n) is 7.11. The first kappa shape index (κ1) is 14.2. The third kappa shape index (κ3) is 2.09. The molecular formula is C16H12N5O3-. The minimum atomic E-state index is -0.394. The van der Waals surface area contributed by atoms with E-state index in [1.165, 1.54) is 18.2 Å². The van der Waals surface area contributed by atoms with Gasteiger partial charge in [-0.15, -0.1) is 0 Å². The zero-order valence-corrected chi connectivity index (χ0v) is 12.3. The number of fused-ring (bicyclic) bond motifs is 2. The van der Waals surface area contributed by atoms with Gasteiger partial charge in [0.05, 0.1) is 27.9 Å². The second kappa shape index (κ2) is 5.08. The van der Waals surface area contributed by atoms with Gasteiger partial charge in [-0.2, -0.15) is 0 Å². The number of nitrogens with zero attached hydrogens (tertiary/aromatic N) is 2. The van der Waals surface area contributed by atoms with Crippen LogP contribution in [0.4, 0.5) is 11.4 Å². The van der Waals surface area contributed by atoms with Crippen LogP contribution in [0.1, 0.15) is 0 Å². The lowest BCUT2D eigenvalue weighted by molar-refractivity contribution is 0.296. The molecule has 120 valence electrons. The molecule has 0 fully saturated rings. The Balaban J connectivity index is 2.02. The number of imidazole rings is 1. The lowest BCUT2D eigenvalue weighted by atomic mass is 10.1. The SMILES string of the molecule is Nc1c(-c2nc3ccccc3[nH]2)c(=O)[nH]c2ccc(N([O-])O)cc12. The van der Waals surface area contributed by atoms with E-state index in [4.69, 9.17) is 10.9 Å². The number of para-hydroxylation sites is 2. The number of H-pyrrole nitrogens is 2. The Hall–Kier alpha value is -3.36. The number of aromatic amines is 2. The number of rotatable bonds is 2. The van der Waals surface area contributed by atoms with Gasteiger partial charge >= 0.3 is 0 Å². The van der Waals surface area contributed by atoms with Crippen LogP contribution >= 0.6 is 0 Å². The Morgan fingerprint density at radius 1 is 1.12 bits per heavy atom. The molecule has 8 nitrogen and oxygen atoms in total. The van der Waals surface area contributed by atoms with E-state index < -0.39 is 5.56 Å². The monoisotopic (exact) mass is 322 g/mol. The van der Waals surface area contributed by atoms with Gasteiger partial charge in [0.2, 0.25) is 0 Å². The molecule has 0 aliphatic carbocycles. The van der Waals surface area contributed by atoms with Crippen LogP contribution in [-0.2, 0) is 0 Å². The van der Waals surface area contributed by atoms with Gasteiger partial charge in [-0.3, -0.25) is 10.0 Å². The third-order valence-electron chi connectivity index (χ3n) is 3.88. The van der Waals surface area contributed by atoms with Gasteiger partial charge in [-0.25, -0.2) is 4.98 Å². The van der Waals surface area contributed by atoms with E-state index >= 15 is 0 Å². The molecule has 0 radical (unpaired) electrons. The standard InChI is InChI=1S/C16H12N5O3/c17-14-9-7-8(21(23)24)5-6-10(9)20-16(22)13(14)15-18-11-3-1-2-4-12(11)19-15/h1-7,23H,(H,18,19)(H3,17,20,22)/q-1. The molecule has 0 amide bonds. The molecular weight excluding hydrogens is 310 g/mol. The summed E-state index contributed by atoms with van der Waals surface area (Å²) in [5.41, 5.74) is 8.09. The van der Waals surface area contributed by atoms with E-state index in [0.717, 1.165) is 5.52 Å². The summed E-state index contributed by atoms with van der Waals surface area (Å²) in [7, 11) is 0. The minimum absolute atomic E-state index is 0.0109. The van der Waals surface area contributed by atoms with Gasteiger partial charge in [-0.1, -0.05) is 12.1 Å². The summed E-state index contributed by atoms with van der Waals surface area (Å²) in [6.07, 6.45) is 0. The molecule has 2 heterocycles. The molecule has 0 bridgehead atoms. The summed E-state index contributed by atoms with van der Waals surface area (Å²) in [6.45, 7) is 0. The number of hydrogen-bond acceptors (Lipinski definition) is 6. The smallest absolute Gasteiger partial charge is 0.261 e. The second-order valence-electron chi connectivity index (χ2n) is 5.35. The van der Waals surface area contributed by atoms with Crippen molar-refractivity contribution in [3.63, 3.8) is 0 Å². The van der Waals surface area contributed by atoms with Crippen molar-refractivity contribution in [1.82, 2.24) is 15.0 Å². The molecule has 0 aliphatic rings. The first-order chi connectivity index (χ1) is 11.5.